The zero-order valence-electron chi connectivity index (χ0n) is 7.41. The van der Waals surface area contributed by atoms with Crippen molar-refractivity contribution < 1.29 is 4.79 Å². The molecule has 2 aromatic heterocycles. The highest BCUT2D eigenvalue weighted by Gasteiger charge is 2.14. The van der Waals surface area contributed by atoms with E-state index in [-0.39, 0.29) is 5.78 Å². The van der Waals surface area contributed by atoms with Crippen LogP contribution in [0.4, 0.5) is 0 Å². The molecule has 0 amide bonds. The molecule has 0 saturated heterocycles. The van der Waals surface area contributed by atoms with Crippen LogP contribution in [0.15, 0.2) is 34.2 Å². The van der Waals surface area contributed by atoms with Crippen LogP contribution in [-0.4, -0.2) is 10.8 Å². The van der Waals surface area contributed by atoms with Crippen molar-refractivity contribution in [1.29, 1.82) is 0 Å². The first kappa shape index (κ1) is 10.8. The first-order valence-electron chi connectivity index (χ1n) is 4.08. The van der Waals surface area contributed by atoms with Crippen LogP contribution in [0.25, 0.3) is 0 Å². The minimum atomic E-state index is -0.0406. The topological polar surface area (TPSA) is 30.0 Å². The van der Waals surface area contributed by atoms with Gasteiger partial charge in [-0.1, -0.05) is 11.6 Å². The monoisotopic (exact) mass is 301 g/mol. The van der Waals surface area contributed by atoms with Crippen molar-refractivity contribution in [1.82, 2.24) is 4.98 Å². The molecule has 76 valence electrons. The van der Waals surface area contributed by atoms with Crippen molar-refractivity contribution in [2.75, 3.05) is 0 Å². The molecule has 0 radical (unpaired) electrons. The number of ketones is 1. The van der Waals surface area contributed by atoms with Crippen molar-refractivity contribution in [3.05, 3.63) is 49.8 Å². The summed E-state index contributed by atoms with van der Waals surface area (Å²) < 4.78 is 0.811. The molecule has 5 heteroatoms. The average molecular weight is 303 g/mol. The van der Waals surface area contributed by atoms with E-state index in [0.717, 1.165) is 4.47 Å². The van der Waals surface area contributed by atoms with Crippen LogP contribution in [0.3, 0.4) is 0 Å². The number of carbonyl (C=O) groups excluding carboxylic acids is 1. The first-order chi connectivity index (χ1) is 7.18. The highest BCUT2D eigenvalue weighted by molar-refractivity contribution is 9.10. The van der Waals surface area contributed by atoms with Crippen molar-refractivity contribution in [3.8, 4) is 0 Å². The molecule has 2 aromatic rings. The summed E-state index contributed by atoms with van der Waals surface area (Å²) in [5.74, 6) is -0.0406. The van der Waals surface area contributed by atoms with Gasteiger partial charge in [0.05, 0.1) is 4.88 Å². The van der Waals surface area contributed by atoms with E-state index in [1.165, 1.54) is 17.5 Å². The van der Waals surface area contributed by atoms with Gasteiger partial charge in [0, 0.05) is 16.2 Å². The SMILES string of the molecule is O=C(c1ccnc(Cl)c1)c1sccc1Br. The van der Waals surface area contributed by atoms with Crippen LogP contribution >= 0.6 is 38.9 Å². The predicted octanol–water partition coefficient (Wildman–Crippen LogP) is 3.79. The number of aromatic nitrogens is 1. The summed E-state index contributed by atoms with van der Waals surface area (Å²) in [5, 5.41) is 2.19. The summed E-state index contributed by atoms with van der Waals surface area (Å²) in [6, 6.07) is 5.07. The molecule has 0 aliphatic heterocycles. The molecule has 0 fully saturated rings. The fraction of sp³-hybridized carbons (Fsp3) is 0. The van der Waals surface area contributed by atoms with Gasteiger partial charge in [-0.15, -0.1) is 11.3 Å². The second-order valence-corrected chi connectivity index (χ2v) is 4.95. The molecule has 0 saturated carbocycles. The Kier molecular flexibility index (Phi) is 3.19. The third-order valence-electron chi connectivity index (χ3n) is 1.81. The van der Waals surface area contributed by atoms with Crippen LogP contribution in [0.2, 0.25) is 5.15 Å². The zero-order valence-corrected chi connectivity index (χ0v) is 10.6. The van der Waals surface area contributed by atoms with Crippen LogP contribution < -0.4 is 0 Å². The fourth-order valence-electron chi connectivity index (χ4n) is 1.13. The van der Waals surface area contributed by atoms with Gasteiger partial charge in [-0.3, -0.25) is 4.79 Å². The number of hydrogen-bond acceptors (Lipinski definition) is 3. The number of carbonyl (C=O) groups is 1. The Morgan fingerprint density at radius 1 is 1.47 bits per heavy atom. The molecule has 0 bridgehead atoms. The van der Waals surface area contributed by atoms with E-state index < -0.39 is 0 Å². The predicted molar refractivity (Wildman–Crippen MR) is 64.7 cm³/mol. The Balaban J connectivity index is 2.41. The van der Waals surface area contributed by atoms with Gasteiger partial charge in [0.2, 0.25) is 5.78 Å². The van der Waals surface area contributed by atoms with Gasteiger partial charge in [-0.05, 0) is 39.5 Å². The Morgan fingerprint density at radius 3 is 2.87 bits per heavy atom. The van der Waals surface area contributed by atoms with Gasteiger partial charge >= 0.3 is 0 Å². The van der Waals surface area contributed by atoms with Crippen LogP contribution in [0, 0.1) is 0 Å². The summed E-state index contributed by atoms with van der Waals surface area (Å²) in [6.45, 7) is 0. The summed E-state index contributed by atoms with van der Waals surface area (Å²) in [6.07, 6.45) is 1.52. The number of hydrogen-bond donors (Lipinski definition) is 0. The van der Waals surface area contributed by atoms with Crippen LogP contribution in [0.5, 0.6) is 0 Å². The second-order valence-electron chi connectivity index (χ2n) is 2.79. The Labute approximate surface area is 104 Å². The Hall–Kier alpha value is -0.710. The van der Waals surface area contributed by atoms with E-state index >= 15 is 0 Å². The van der Waals surface area contributed by atoms with Gasteiger partial charge in [0.15, 0.2) is 0 Å². The molecule has 0 spiro atoms. The summed E-state index contributed by atoms with van der Waals surface area (Å²) in [5.41, 5.74) is 0.554. The standard InChI is InChI=1S/C10H5BrClNOS/c11-7-2-4-15-10(7)9(14)6-1-3-13-8(12)5-6/h1-5H. The maximum atomic E-state index is 12.0. The van der Waals surface area contributed by atoms with Crippen LogP contribution in [0.1, 0.15) is 15.2 Å². The smallest absolute Gasteiger partial charge is 0.204 e. The molecule has 2 nitrogen and oxygen atoms in total. The molecule has 0 N–H and O–H groups in total. The van der Waals surface area contributed by atoms with Gasteiger partial charge in [0.25, 0.3) is 0 Å². The van der Waals surface area contributed by atoms with Crippen molar-refractivity contribution in [2.45, 2.75) is 0 Å². The number of rotatable bonds is 2. The molecule has 0 aromatic carbocycles. The number of nitrogens with zero attached hydrogens (tertiary/aromatic N) is 1. The molecule has 0 aliphatic rings. The minimum Gasteiger partial charge on any atom is -0.288 e. The van der Waals surface area contributed by atoms with Gasteiger partial charge in [-0.2, -0.15) is 0 Å². The number of pyridine rings is 1. The van der Waals surface area contributed by atoms with Crippen LogP contribution in [-0.2, 0) is 0 Å². The lowest BCUT2D eigenvalue weighted by molar-refractivity contribution is 0.104. The molecular weight excluding hydrogens is 298 g/mol. The van der Waals surface area contributed by atoms with E-state index in [1.54, 1.807) is 12.1 Å². The largest absolute Gasteiger partial charge is 0.288 e. The summed E-state index contributed by atoms with van der Waals surface area (Å²) in [7, 11) is 0. The molecule has 0 aliphatic carbocycles. The Bertz CT molecular complexity index is 512. The molecule has 15 heavy (non-hydrogen) atoms. The van der Waals surface area contributed by atoms with E-state index in [2.05, 4.69) is 20.9 Å². The second kappa shape index (κ2) is 4.43. The van der Waals surface area contributed by atoms with Crippen molar-refractivity contribution in [2.24, 2.45) is 0 Å². The third-order valence-corrected chi connectivity index (χ3v) is 3.86. The first-order valence-corrected chi connectivity index (χ1v) is 6.13. The zero-order chi connectivity index (χ0) is 10.8. The fourth-order valence-corrected chi connectivity index (χ4v) is 2.82. The lowest BCUT2D eigenvalue weighted by Gasteiger charge is -1.98. The Morgan fingerprint density at radius 2 is 2.27 bits per heavy atom. The highest BCUT2D eigenvalue weighted by Crippen LogP contribution is 2.25. The summed E-state index contributed by atoms with van der Waals surface area (Å²) >= 11 is 10.4. The minimum absolute atomic E-state index is 0.0406. The van der Waals surface area contributed by atoms with E-state index in [1.807, 2.05) is 11.4 Å². The lowest BCUT2D eigenvalue weighted by atomic mass is 10.1. The van der Waals surface area contributed by atoms with E-state index in [4.69, 9.17) is 11.6 Å². The lowest BCUT2D eigenvalue weighted by Crippen LogP contribution is -1.99. The molecule has 0 atom stereocenters. The normalized spacial score (nSPS) is 10.3. The maximum absolute atomic E-state index is 12.0. The van der Waals surface area contributed by atoms with Gasteiger partial charge in [0.1, 0.15) is 5.15 Å². The van der Waals surface area contributed by atoms with Gasteiger partial charge < -0.3 is 0 Å². The molecule has 2 rings (SSSR count). The molecule has 2 heterocycles. The number of halogens is 2. The van der Waals surface area contributed by atoms with Gasteiger partial charge in [-0.25, -0.2) is 4.98 Å². The summed E-state index contributed by atoms with van der Waals surface area (Å²) in [4.78, 5) is 16.5. The molecular formula is C10H5BrClNOS. The van der Waals surface area contributed by atoms with E-state index in [0.29, 0.717) is 15.6 Å². The highest BCUT2D eigenvalue weighted by atomic mass is 79.9. The van der Waals surface area contributed by atoms with Crippen molar-refractivity contribution in [3.63, 3.8) is 0 Å². The van der Waals surface area contributed by atoms with E-state index in [9.17, 15) is 4.79 Å². The quantitative estimate of drug-likeness (QED) is 0.624. The number of thiophene rings is 1. The maximum Gasteiger partial charge on any atom is 0.204 e. The third kappa shape index (κ3) is 2.27. The molecule has 0 unspecified atom stereocenters. The average Bonchev–Trinajstić information content (AvgIpc) is 2.63. The van der Waals surface area contributed by atoms with Crippen molar-refractivity contribution >= 4 is 44.7 Å².